The fourth-order valence-electron chi connectivity index (χ4n) is 2.38. The molecule has 2 rings (SSSR count). The van der Waals surface area contributed by atoms with E-state index in [0.29, 0.717) is 6.42 Å². The standard InChI is InChI=1S/C11H18N2O/c1-10(14)5-7-13(8-10)9-11(2-3-11)4-6-12/h14H,2-5,7-9H2,1H3. The van der Waals surface area contributed by atoms with Crippen molar-refractivity contribution in [1.82, 2.24) is 4.90 Å². The molecular formula is C11H18N2O. The summed E-state index contributed by atoms with van der Waals surface area (Å²) in [5.41, 5.74) is -0.210. The molecule has 1 atom stereocenters. The first-order valence-electron chi connectivity index (χ1n) is 5.37. The van der Waals surface area contributed by atoms with Crippen LogP contribution >= 0.6 is 0 Å². The van der Waals surface area contributed by atoms with E-state index in [1.54, 1.807) is 0 Å². The van der Waals surface area contributed by atoms with Gasteiger partial charge in [0.25, 0.3) is 0 Å². The number of likely N-dealkylation sites (tertiary alicyclic amines) is 1. The molecule has 0 bridgehead atoms. The highest BCUT2D eigenvalue weighted by atomic mass is 16.3. The van der Waals surface area contributed by atoms with E-state index in [-0.39, 0.29) is 5.41 Å². The van der Waals surface area contributed by atoms with Crippen molar-refractivity contribution in [2.75, 3.05) is 19.6 Å². The summed E-state index contributed by atoms with van der Waals surface area (Å²) in [7, 11) is 0. The van der Waals surface area contributed by atoms with E-state index in [9.17, 15) is 5.11 Å². The molecule has 1 saturated heterocycles. The van der Waals surface area contributed by atoms with Crippen LogP contribution in [0.1, 0.15) is 32.6 Å². The predicted octanol–water partition coefficient (Wildman–Crippen LogP) is 1.14. The SMILES string of the molecule is CC1(O)CCN(CC2(CC#N)CC2)C1. The van der Waals surface area contributed by atoms with E-state index >= 15 is 0 Å². The molecule has 1 heterocycles. The van der Waals surface area contributed by atoms with Crippen LogP contribution in [-0.2, 0) is 0 Å². The second kappa shape index (κ2) is 3.22. The van der Waals surface area contributed by atoms with Gasteiger partial charge in [0.15, 0.2) is 0 Å². The topological polar surface area (TPSA) is 47.3 Å². The lowest BCUT2D eigenvalue weighted by Crippen LogP contribution is -2.33. The van der Waals surface area contributed by atoms with Gasteiger partial charge in [-0.05, 0) is 31.6 Å². The highest BCUT2D eigenvalue weighted by Gasteiger charge is 2.45. The van der Waals surface area contributed by atoms with Gasteiger partial charge in [-0.2, -0.15) is 5.26 Å². The summed E-state index contributed by atoms with van der Waals surface area (Å²) in [5, 5.41) is 18.5. The third kappa shape index (κ3) is 2.08. The van der Waals surface area contributed by atoms with Gasteiger partial charge in [-0.1, -0.05) is 0 Å². The van der Waals surface area contributed by atoms with Gasteiger partial charge in [-0.15, -0.1) is 0 Å². The fraction of sp³-hybridized carbons (Fsp3) is 0.909. The Morgan fingerprint density at radius 1 is 1.43 bits per heavy atom. The third-order valence-corrected chi connectivity index (χ3v) is 3.50. The Hall–Kier alpha value is -0.590. The van der Waals surface area contributed by atoms with E-state index in [1.165, 1.54) is 12.8 Å². The fourth-order valence-corrected chi connectivity index (χ4v) is 2.38. The van der Waals surface area contributed by atoms with Crippen molar-refractivity contribution < 1.29 is 5.11 Å². The molecule has 3 nitrogen and oxygen atoms in total. The van der Waals surface area contributed by atoms with Crippen molar-refractivity contribution >= 4 is 0 Å². The molecule has 1 N–H and O–H groups in total. The van der Waals surface area contributed by atoms with Crippen molar-refractivity contribution in [1.29, 1.82) is 5.26 Å². The summed E-state index contributed by atoms with van der Waals surface area (Å²) in [6.07, 6.45) is 3.94. The average Bonchev–Trinajstić information content (AvgIpc) is 2.73. The van der Waals surface area contributed by atoms with Crippen molar-refractivity contribution in [3.63, 3.8) is 0 Å². The molecular weight excluding hydrogens is 176 g/mol. The molecule has 3 heteroatoms. The Bertz CT molecular complexity index is 263. The minimum absolute atomic E-state index is 0.287. The summed E-state index contributed by atoms with van der Waals surface area (Å²) in [5.74, 6) is 0. The maximum Gasteiger partial charge on any atom is 0.0758 e. The summed E-state index contributed by atoms with van der Waals surface area (Å²) < 4.78 is 0. The molecule has 0 aromatic carbocycles. The molecule has 2 fully saturated rings. The Labute approximate surface area is 85.3 Å². The van der Waals surface area contributed by atoms with E-state index in [4.69, 9.17) is 5.26 Å². The number of hydrogen-bond donors (Lipinski definition) is 1. The van der Waals surface area contributed by atoms with Crippen LogP contribution in [0.3, 0.4) is 0 Å². The zero-order chi connectivity index (χ0) is 10.2. The molecule has 0 radical (unpaired) electrons. The molecule has 1 aliphatic heterocycles. The molecule has 0 aromatic heterocycles. The van der Waals surface area contributed by atoms with Gasteiger partial charge in [0.1, 0.15) is 0 Å². The summed E-state index contributed by atoms with van der Waals surface area (Å²) in [6.45, 7) is 4.67. The van der Waals surface area contributed by atoms with E-state index in [1.807, 2.05) is 6.92 Å². The lowest BCUT2D eigenvalue weighted by molar-refractivity contribution is 0.0661. The number of aliphatic hydroxyl groups is 1. The number of nitriles is 1. The van der Waals surface area contributed by atoms with Crippen molar-refractivity contribution in [3.05, 3.63) is 0 Å². The van der Waals surface area contributed by atoms with Crippen LogP contribution in [0.5, 0.6) is 0 Å². The molecule has 1 saturated carbocycles. The quantitative estimate of drug-likeness (QED) is 0.732. The minimum atomic E-state index is -0.497. The maximum atomic E-state index is 9.81. The molecule has 0 aromatic rings. The second-order valence-corrected chi connectivity index (χ2v) is 5.29. The van der Waals surface area contributed by atoms with Gasteiger partial charge >= 0.3 is 0 Å². The van der Waals surface area contributed by atoms with Crippen molar-refractivity contribution in [3.8, 4) is 6.07 Å². The summed E-state index contributed by atoms with van der Waals surface area (Å²) in [6, 6.07) is 2.28. The normalized spacial score (nSPS) is 35.5. The smallest absolute Gasteiger partial charge is 0.0758 e. The van der Waals surface area contributed by atoms with Crippen molar-refractivity contribution in [2.24, 2.45) is 5.41 Å². The van der Waals surface area contributed by atoms with Gasteiger partial charge < -0.3 is 5.11 Å². The van der Waals surface area contributed by atoms with Crippen LogP contribution in [0.15, 0.2) is 0 Å². The average molecular weight is 194 g/mol. The molecule has 0 spiro atoms. The predicted molar refractivity (Wildman–Crippen MR) is 53.6 cm³/mol. The van der Waals surface area contributed by atoms with E-state index < -0.39 is 5.60 Å². The largest absolute Gasteiger partial charge is 0.389 e. The highest BCUT2D eigenvalue weighted by molar-refractivity contribution is 5.02. The zero-order valence-corrected chi connectivity index (χ0v) is 8.79. The lowest BCUT2D eigenvalue weighted by Gasteiger charge is -2.22. The Morgan fingerprint density at radius 2 is 2.14 bits per heavy atom. The Balaban J connectivity index is 1.85. The van der Waals surface area contributed by atoms with Crippen LogP contribution in [0.4, 0.5) is 0 Å². The molecule has 0 amide bonds. The molecule has 1 aliphatic carbocycles. The number of rotatable bonds is 3. The second-order valence-electron chi connectivity index (χ2n) is 5.29. The van der Waals surface area contributed by atoms with E-state index in [0.717, 1.165) is 26.1 Å². The number of nitrogens with zero attached hydrogens (tertiary/aromatic N) is 2. The van der Waals surface area contributed by atoms with Crippen molar-refractivity contribution in [2.45, 2.75) is 38.2 Å². The summed E-state index contributed by atoms with van der Waals surface area (Å²) >= 11 is 0. The van der Waals surface area contributed by atoms with Gasteiger partial charge in [0.05, 0.1) is 11.7 Å². The highest BCUT2D eigenvalue weighted by Crippen LogP contribution is 2.49. The van der Waals surface area contributed by atoms with E-state index in [2.05, 4.69) is 11.0 Å². The van der Waals surface area contributed by atoms with Crippen LogP contribution in [0.2, 0.25) is 0 Å². The number of β-amino-alcohol motifs (C(OH)–C–C–N with tert-alkyl or cyclic N) is 1. The van der Waals surface area contributed by atoms with Crippen LogP contribution in [0, 0.1) is 16.7 Å². The molecule has 14 heavy (non-hydrogen) atoms. The Kier molecular flexibility index (Phi) is 2.29. The van der Waals surface area contributed by atoms with Crippen LogP contribution in [-0.4, -0.2) is 35.2 Å². The zero-order valence-electron chi connectivity index (χ0n) is 8.79. The van der Waals surface area contributed by atoms with Crippen LogP contribution < -0.4 is 0 Å². The number of hydrogen-bond acceptors (Lipinski definition) is 3. The van der Waals surface area contributed by atoms with Gasteiger partial charge in [0.2, 0.25) is 0 Å². The molecule has 2 aliphatic rings. The molecule has 1 unspecified atom stereocenters. The maximum absolute atomic E-state index is 9.81. The van der Waals surface area contributed by atoms with Crippen LogP contribution in [0.25, 0.3) is 0 Å². The minimum Gasteiger partial charge on any atom is -0.389 e. The first kappa shape index (κ1) is 9.95. The molecule has 78 valence electrons. The summed E-state index contributed by atoms with van der Waals surface area (Å²) in [4.78, 5) is 2.31. The first-order chi connectivity index (χ1) is 6.55. The lowest BCUT2D eigenvalue weighted by atomic mass is 10.0. The monoisotopic (exact) mass is 194 g/mol. The first-order valence-corrected chi connectivity index (χ1v) is 5.37. The van der Waals surface area contributed by atoms with Gasteiger partial charge in [-0.25, -0.2) is 0 Å². The van der Waals surface area contributed by atoms with Gasteiger partial charge in [0, 0.05) is 26.1 Å². The van der Waals surface area contributed by atoms with Gasteiger partial charge in [-0.3, -0.25) is 4.90 Å². The third-order valence-electron chi connectivity index (χ3n) is 3.50. The Morgan fingerprint density at radius 3 is 2.57 bits per heavy atom.